The zero-order valence-corrected chi connectivity index (χ0v) is 8.47. The van der Waals surface area contributed by atoms with Crippen molar-refractivity contribution in [2.45, 2.75) is 0 Å². The van der Waals surface area contributed by atoms with Gasteiger partial charge in [-0.15, -0.1) is 0 Å². The van der Waals surface area contributed by atoms with Gasteiger partial charge < -0.3 is 19.7 Å². The number of rotatable bonds is 5. The zero-order chi connectivity index (χ0) is 12.1. The van der Waals surface area contributed by atoms with Gasteiger partial charge in [0, 0.05) is 0 Å². The molecule has 0 aliphatic heterocycles. The topological polar surface area (TPSA) is 93.1 Å². The lowest BCUT2D eigenvalue weighted by atomic mass is 10.2. The lowest BCUT2D eigenvalue weighted by Crippen LogP contribution is -2.12. The summed E-state index contributed by atoms with van der Waals surface area (Å²) in [7, 11) is 1.34. The second-order valence-corrected chi connectivity index (χ2v) is 2.82. The van der Waals surface area contributed by atoms with Gasteiger partial charge in [0.05, 0.1) is 7.11 Å². The van der Waals surface area contributed by atoms with Gasteiger partial charge in [0.25, 0.3) is 0 Å². The maximum Gasteiger partial charge on any atom is 0.341 e. The summed E-state index contributed by atoms with van der Waals surface area (Å²) < 4.78 is 9.76. The van der Waals surface area contributed by atoms with Crippen molar-refractivity contribution in [3.05, 3.63) is 23.8 Å². The van der Waals surface area contributed by atoms with Crippen molar-refractivity contribution in [2.24, 2.45) is 0 Å². The van der Waals surface area contributed by atoms with Crippen LogP contribution in [0.5, 0.6) is 11.5 Å². The molecule has 16 heavy (non-hydrogen) atoms. The molecule has 0 radical (unpaired) electrons. The molecule has 0 amide bonds. The summed E-state index contributed by atoms with van der Waals surface area (Å²) in [6.45, 7) is -0.624. The fourth-order valence-corrected chi connectivity index (χ4v) is 1.13. The van der Waals surface area contributed by atoms with Crippen LogP contribution in [0.4, 0.5) is 0 Å². The van der Waals surface area contributed by atoms with Crippen LogP contribution in [0.25, 0.3) is 0 Å². The van der Waals surface area contributed by atoms with Crippen molar-refractivity contribution in [2.75, 3.05) is 13.7 Å². The number of ether oxygens (including phenoxy) is 2. The highest BCUT2D eigenvalue weighted by Crippen LogP contribution is 2.30. The quantitative estimate of drug-likeness (QED) is 0.773. The van der Waals surface area contributed by atoms with Gasteiger partial charge in [0.15, 0.2) is 18.1 Å². The van der Waals surface area contributed by atoms with E-state index in [0.717, 1.165) is 0 Å². The Kier molecular flexibility index (Phi) is 3.71. The van der Waals surface area contributed by atoms with Crippen LogP contribution in [0.3, 0.4) is 0 Å². The summed E-state index contributed by atoms with van der Waals surface area (Å²) >= 11 is 0. The van der Waals surface area contributed by atoms with Gasteiger partial charge in [-0.3, -0.25) is 0 Å². The van der Waals surface area contributed by atoms with Crippen molar-refractivity contribution in [1.82, 2.24) is 0 Å². The molecule has 0 bridgehead atoms. The van der Waals surface area contributed by atoms with Crippen LogP contribution in [0.2, 0.25) is 0 Å². The van der Waals surface area contributed by atoms with Gasteiger partial charge in [-0.1, -0.05) is 6.07 Å². The fourth-order valence-electron chi connectivity index (χ4n) is 1.13. The van der Waals surface area contributed by atoms with Gasteiger partial charge >= 0.3 is 11.9 Å². The number of para-hydroxylation sites is 1. The highest BCUT2D eigenvalue weighted by Gasteiger charge is 2.16. The van der Waals surface area contributed by atoms with Gasteiger partial charge in [-0.05, 0) is 12.1 Å². The number of benzene rings is 1. The molecule has 1 aromatic rings. The van der Waals surface area contributed by atoms with Crippen LogP contribution in [0.15, 0.2) is 18.2 Å². The highest BCUT2D eigenvalue weighted by atomic mass is 16.5. The van der Waals surface area contributed by atoms with Crippen LogP contribution in [-0.2, 0) is 4.79 Å². The molecule has 0 aliphatic rings. The first-order chi connectivity index (χ1) is 7.56. The monoisotopic (exact) mass is 226 g/mol. The van der Waals surface area contributed by atoms with Crippen LogP contribution < -0.4 is 9.47 Å². The van der Waals surface area contributed by atoms with E-state index in [0.29, 0.717) is 0 Å². The Morgan fingerprint density at radius 1 is 1.31 bits per heavy atom. The second-order valence-electron chi connectivity index (χ2n) is 2.82. The van der Waals surface area contributed by atoms with Crippen molar-refractivity contribution >= 4 is 11.9 Å². The van der Waals surface area contributed by atoms with E-state index in [2.05, 4.69) is 0 Å². The maximum absolute atomic E-state index is 10.9. The summed E-state index contributed by atoms with van der Waals surface area (Å²) in [5, 5.41) is 17.3. The second kappa shape index (κ2) is 5.01. The zero-order valence-electron chi connectivity index (χ0n) is 8.47. The summed E-state index contributed by atoms with van der Waals surface area (Å²) in [5.74, 6) is -2.30. The molecule has 0 aromatic heterocycles. The van der Waals surface area contributed by atoms with Gasteiger partial charge in [-0.25, -0.2) is 9.59 Å². The maximum atomic E-state index is 10.9. The Bertz CT molecular complexity index is 412. The third-order valence-electron chi connectivity index (χ3n) is 1.77. The number of hydrogen-bond acceptors (Lipinski definition) is 4. The minimum atomic E-state index is -1.21. The molecule has 6 nitrogen and oxygen atoms in total. The fraction of sp³-hybridized carbons (Fsp3) is 0.200. The van der Waals surface area contributed by atoms with Crippen molar-refractivity contribution in [3.8, 4) is 11.5 Å². The van der Waals surface area contributed by atoms with E-state index < -0.39 is 18.5 Å². The third-order valence-corrected chi connectivity index (χ3v) is 1.77. The van der Waals surface area contributed by atoms with Gasteiger partial charge in [0.1, 0.15) is 5.56 Å². The Morgan fingerprint density at radius 3 is 2.50 bits per heavy atom. The lowest BCUT2D eigenvalue weighted by molar-refractivity contribution is -0.139. The molecule has 0 aliphatic carbocycles. The van der Waals surface area contributed by atoms with Crippen LogP contribution in [0.1, 0.15) is 10.4 Å². The molecule has 1 aromatic carbocycles. The first kappa shape index (κ1) is 11.8. The minimum absolute atomic E-state index is 0.0834. The molecule has 0 saturated carbocycles. The Balaban J connectivity index is 3.09. The molecular weight excluding hydrogens is 216 g/mol. The van der Waals surface area contributed by atoms with Crippen molar-refractivity contribution in [1.29, 1.82) is 0 Å². The molecule has 0 fully saturated rings. The highest BCUT2D eigenvalue weighted by molar-refractivity contribution is 5.92. The van der Waals surface area contributed by atoms with Gasteiger partial charge in [0.2, 0.25) is 0 Å². The molecule has 0 heterocycles. The summed E-state index contributed by atoms with van der Waals surface area (Å²) in [6, 6.07) is 4.28. The molecule has 2 N–H and O–H groups in total. The van der Waals surface area contributed by atoms with E-state index >= 15 is 0 Å². The first-order valence-corrected chi connectivity index (χ1v) is 4.31. The number of methoxy groups -OCH3 is 1. The molecule has 0 unspecified atom stereocenters. The van der Waals surface area contributed by atoms with E-state index in [9.17, 15) is 9.59 Å². The van der Waals surface area contributed by atoms with Crippen LogP contribution in [-0.4, -0.2) is 35.9 Å². The van der Waals surface area contributed by atoms with Crippen molar-refractivity contribution < 1.29 is 29.3 Å². The average molecular weight is 226 g/mol. The van der Waals surface area contributed by atoms with E-state index in [4.69, 9.17) is 19.7 Å². The number of carboxylic acids is 2. The Morgan fingerprint density at radius 2 is 2.00 bits per heavy atom. The van der Waals surface area contributed by atoms with Crippen LogP contribution in [0, 0.1) is 0 Å². The average Bonchev–Trinajstić information content (AvgIpc) is 2.25. The molecule has 0 spiro atoms. The predicted molar refractivity (Wildman–Crippen MR) is 53.1 cm³/mol. The summed E-state index contributed by atoms with van der Waals surface area (Å²) in [6.07, 6.45) is 0. The normalized spacial score (nSPS) is 9.56. The number of aliphatic carboxylic acids is 1. The summed E-state index contributed by atoms with van der Waals surface area (Å²) in [5.41, 5.74) is -0.138. The Hall–Kier alpha value is -2.24. The third kappa shape index (κ3) is 2.63. The van der Waals surface area contributed by atoms with E-state index in [1.54, 1.807) is 0 Å². The number of carboxylic acid groups (broad SMARTS) is 2. The van der Waals surface area contributed by atoms with Gasteiger partial charge in [-0.2, -0.15) is 0 Å². The van der Waals surface area contributed by atoms with Crippen molar-refractivity contribution in [3.63, 3.8) is 0 Å². The largest absolute Gasteiger partial charge is 0.493 e. The minimum Gasteiger partial charge on any atom is -0.493 e. The first-order valence-electron chi connectivity index (χ1n) is 4.31. The predicted octanol–water partition coefficient (Wildman–Crippen LogP) is 0.857. The number of aromatic carboxylic acids is 1. The molecule has 86 valence electrons. The number of hydrogen-bond donors (Lipinski definition) is 2. The lowest BCUT2D eigenvalue weighted by Gasteiger charge is -2.11. The van der Waals surface area contributed by atoms with E-state index in [1.165, 1.54) is 25.3 Å². The molecule has 1 rings (SSSR count). The Labute approximate surface area is 91.0 Å². The summed E-state index contributed by atoms with van der Waals surface area (Å²) in [4.78, 5) is 21.2. The molecule has 6 heteroatoms. The smallest absolute Gasteiger partial charge is 0.341 e. The molecular formula is C10H10O6. The standard InChI is InChI=1S/C10H10O6/c1-15-7-4-2-3-6(10(13)14)9(7)16-5-8(11)12/h2-4H,5H2,1H3,(H,11,12)(H,13,14). The van der Waals surface area contributed by atoms with E-state index in [1.807, 2.05) is 0 Å². The molecule has 0 saturated heterocycles. The number of carbonyl (C=O) groups is 2. The van der Waals surface area contributed by atoms with E-state index in [-0.39, 0.29) is 17.1 Å². The SMILES string of the molecule is COc1cccc(C(=O)O)c1OCC(=O)O. The molecule has 0 atom stereocenters. The van der Waals surface area contributed by atoms with Crippen LogP contribution >= 0.6 is 0 Å².